The normalized spacial score (nSPS) is 20.7. The van der Waals surface area contributed by atoms with Gasteiger partial charge in [-0.05, 0) is 42.9 Å². The molecule has 3 aromatic rings. The van der Waals surface area contributed by atoms with Gasteiger partial charge >= 0.3 is 0 Å². The summed E-state index contributed by atoms with van der Waals surface area (Å²) in [6.07, 6.45) is 4.00. The molecule has 3 aliphatic rings. The monoisotopic (exact) mass is 432 g/mol. The summed E-state index contributed by atoms with van der Waals surface area (Å²) in [6, 6.07) is 12.5. The Labute approximate surface area is 187 Å². The predicted molar refractivity (Wildman–Crippen MR) is 122 cm³/mol. The van der Waals surface area contributed by atoms with E-state index in [2.05, 4.69) is 33.4 Å². The Morgan fingerprint density at radius 2 is 1.91 bits per heavy atom. The van der Waals surface area contributed by atoms with E-state index in [9.17, 15) is 4.79 Å². The van der Waals surface area contributed by atoms with E-state index in [0.29, 0.717) is 25.2 Å². The molecule has 2 aromatic heterocycles. The van der Waals surface area contributed by atoms with E-state index < -0.39 is 0 Å². The molecule has 0 bridgehead atoms. The molecular weight excluding hydrogens is 404 g/mol. The van der Waals surface area contributed by atoms with Gasteiger partial charge in [0.25, 0.3) is 5.56 Å². The minimum atomic E-state index is 0.114. The van der Waals surface area contributed by atoms with Crippen molar-refractivity contribution in [3.05, 3.63) is 64.2 Å². The van der Waals surface area contributed by atoms with Crippen LogP contribution in [-0.2, 0) is 13.1 Å². The van der Waals surface area contributed by atoms with Crippen LogP contribution in [0, 0.1) is 0 Å². The van der Waals surface area contributed by atoms with Crippen LogP contribution in [-0.4, -0.2) is 53.3 Å². The van der Waals surface area contributed by atoms with Gasteiger partial charge in [0, 0.05) is 43.7 Å². The van der Waals surface area contributed by atoms with Gasteiger partial charge < -0.3 is 24.3 Å². The van der Waals surface area contributed by atoms with Gasteiger partial charge in [-0.15, -0.1) is 0 Å². The number of pyridine rings is 2. The van der Waals surface area contributed by atoms with Gasteiger partial charge in [0.2, 0.25) is 0 Å². The number of rotatable bonds is 5. The average molecular weight is 433 g/mol. The first kappa shape index (κ1) is 19.8. The van der Waals surface area contributed by atoms with Crippen molar-refractivity contribution in [3.8, 4) is 11.5 Å². The van der Waals surface area contributed by atoms with Crippen molar-refractivity contribution in [3.63, 3.8) is 0 Å². The second kappa shape index (κ2) is 8.22. The molecule has 32 heavy (non-hydrogen) atoms. The summed E-state index contributed by atoms with van der Waals surface area (Å²) >= 11 is 0. The van der Waals surface area contributed by atoms with Gasteiger partial charge in [-0.1, -0.05) is 18.2 Å². The molecule has 7 nitrogen and oxygen atoms in total. The molecule has 1 atom stereocenters. The van der Waals surface area contributed by atoms with Crippen molar-refractivity contribution in [2.24, 2.45) is 0 Å². The summed E-state index contributed by atoms with van der Waals surface area (Å²) in [5, 5.41) is 4.83. The van der Waals surface area contributed by atoms with E-state index in [0.717, 1.165) is 68.3 Å². The van der Waals surface area contributed by atoms with Gasteiger partial charge in [-0.2, -0.15) is 0 Å². The summed E-state index contributed by atoms with van der Waals surface area (Å²) in [4.78, 5) is 19.4. The second-order valence-electron chi connectivity index (χ2n) is 9.04. The highest BCUT2D eigenvalue weighted by Crippen LogP contribution is 2.33. The van der Waals surface area contributed by atoms with Crippen LogP contribution >= 0.6 is 0 Å². The van der Waals surface area contributed by atoms with E-state index >= 15 is 0 Å². The summed E-state index contributed by atoms with van der Waals surface area (Å²) in [6.45, 7) is 5.87. The molecule has 1 unspecified atom stereocenters. The number of aromatic nitrogens is 2. The molecule has 0 saturated carbocycles. The Morgan fingerprint density at radius 3 is 2.78 bits per heavy atom. The average Bonchev–Trinajstić information content (AvgIpc) is 3.21. The Balaban J connectivity index is 1.04. The van der Waals surface area contributed by atoms with Crippen LogP contribution < -0.4 is 20.3 Å². The Hall–Kier alpha value is -2.90. The lowest BCUT2D eigenvalue weighted by Gasteiger charge is -2.34. The number of benzene rings is 1. The number of hydrogen-bond donors (Lipinski definition) is 1. The van der Waals surface area contributed by atoms with Crippen LogP contribution in [0.3, 0.4) is 0 Å². The predicted octanol–water partition coefficient (Wildman–Crippen LogP) is 2.52. The number of piperidine rings is 1. The second-order valence-corrected chi connectivity index (χ2v) is 9.04. The summed E-state index contributed by atoms with van der Waals surface area (Å²) in [5.41, 5.74) is 3.56. The van der Waals surface area contributed by atoms with Gasteiger partial charge in [-0.25, -0.2) is 0 Å². The van der Waals surface area contributed by atoms with Gasteiger partial charge in [0.15, 0.2) is 11.5 Å². The first-order chi connectivity index (χ1) is 15.7. The standard InChI is InChI=1S/C25H28N4O3/c30-24-5-4-17-2-1-3-21-18(16-29(24)25(17)21)15-28-8-6-19(7-9-28)26-13-20-12-22-23(14-27-20)32-11-10-31-22/h1-5,12,14,18-19,26H,6-11,13,15-16H2. The number of nitrogens with zero attached hydrogens (tertiary/aromatic N) is 3. The van der Waals surface area contributed by atoms with Gasteiger partial charge in [0.1, 0.15) is 13.2 Å². The number of fused-ring (bicyclic) bond motifs is 1. The highest BCUT2D eigenvalue weighted by Gasteiger charge is 2.28. The molecular formula is C25H28N4O3. The van der Waals surface area contributed by atoms with E-state index in [1.165, 1.54) is 10.9 Å². The molecule has 3 aliphatic heterocycles. The zero-order valence-corrected chi connectivity index (χ0v) is 18.1. The lowest BCUT2D eigenvalue weighted by Crippen LogP contribution is -2.43. The molecule has 5 heterocycles. The number of nitrogens with one attached hydrogen (secondary N) is 1. The number of para-hydroxylation sites is 1. The van der Waals surface area contributed by atoms with E-state index in [-0.39, 0.29) is 5.56 Å². The van der Waals surface area contributed by atoms with Crippen LogP contribution in [0.1, 0.15) is 30.0 Å². The van der Waals surface area contributed by atoms with E-state index in [4.69, 9.17) is 9.47 Å². The summed E-state index contributed by atoms with van der Waals surface area (Å²) < 4.78 is 13.2. The molecule has 0 aliphatic carbocycles. The topological polar surface area (TPSA) is 68.6 Å². The molecule has 1 N–H and O–H groups in total. The summed E-state index contributed by atoms with van der Waals surface area (Å²) in [5.74, 6) is 1.92. The largest absolute Gasteiger partial charge is 0.486 e. The fraction of sp³-hybridized carbons (Fsp3) is 0.440. The number of hydrogen-bond acceptors (Lipinski definition) is 6. The third kappa shape index (κ3) is 3.65. The lowest BCUT2D eigenvalue weighted by atomic mass is 9.97. The Morgan fingerprint density at radius 1 is 1.06 bits per heavy atom. The van der Waals surface area contributed by atoms with Crippen molar-refractivity contribution in [2.45, 2.75) is 37.9 Å². The maximum absolute atomic E-state index is 12.4. The van der Waals surface area contributed by atoms with E-state index in [1.807, 2.05) is 16.7 Å². The van der Waals surface area contributed by atoms with Crippen LogP contribution in [0.4, 0.5) is 0 Å². The van der Waals surface area contributed by atoms with Crippen LogP contribution in [0.25, 0.3) is 10.9 Å². The van der Waals surface area contributed by atoms with Gasteiger partial charge in [0.05, 0.1) is 17.4 Å². The molecule has 0 radical (unpaired) electrons. The van der Waals surface area contributed by atoms with Crippen molar-refractivity contribution in [2.75, 3.05) is 32.8 Å². The van der Waals surface area contributed by atoms with Crippen LogP contribution in [0.15, 0.2) is 47.4 Å². The quantitative estimate of drug-likeness (QED) is 0.668. The molecule has 166 valence electrons. The van der Waals surface area contributed by atoms with Gasteiger partial charge in [-0.3, -0.25) is 9.78 Å². The number of likely N-dealkylation sites (tertiary alicyclic amines) is 1. The smallest absolute Gasteiger partial charge is 0.251 e. The Kier molecular flexibility index (Phi) is 5.08. The molecule has 1 saturated heterocycles. The van der Waals surface area contributed by atoms with Crippen LogP contribution in [0.5, 0.6) is 11.5 Å². The van der Waals surface area contributed by atoms with Crippen molar-refractivity contribution in [1.29, 1.82) is 0 Å². The first-order valence-electron chi connectivity index (χ1n) is 11.6. The Bertz CT molecular complexity index is 1200. The molecule has 1 fully saturated rings. The number of ether oxygens (including phenoxy) is 2. The van der Waals surface area contributed by atoms with Crippen molar-refractivity contribution in [1.82, 2.24) is 19.8 Å². The SMILES string of the molecule is O=c1ccc2cccc3c2n1CC3CN1CCC(NCc2cc3c(cn2)OCCO3)CC1. The van der Waals surface area contributed by atoms with Crippen molar-refractivity contribution >= 4 is 10.9 Å². The molecule has 6 rings (SSSR count). The minimum absolute atomic E-state index is 0.114. The highest BCUT2D eigenvalue weighted by molar-refractivity contribution is 5.84. The highest BCUT2D eigenvalue weighted by atomic mass is 16.6. The molecule has 0 amide bonds. The van der Waals surface area contributed by atoms with Crippen LogP contribution in [0.2, 0.25) is 0 Å². The summed E-state index contributed by atoms with van der Waals surface area (Å²) in [7, 11) is 0. The third-order valence-corrected chi connectivity index (χ3v) is 7.01. The zero-order valence-electron chi connectivity index (χ0n) is 18.1. The van der Waals surface area contributed by atoms with Crippen molar-refractivity contribution < 1.29 is 9.47 Å². The molecule has 1 aromatic carbocycles. The third-order valence-electron chi connectivity index (χ3n) is 7.01. The molecule has 7 heteroatoms. The lowest BCUT2D eigenvalue weighted by molar-refractivity contribution is 0.170. The zero-order chi connectivity index (χ0) is 21.5. The maximum Gasteiger partial charge on any atom is 0.251 e. The fourth-order valence-corrected chi connectivity index (χ4v) is 5.34. The molecule has 0 spiro atoms. The van der Waals surface area contributed by atoms with E-state index in [1.54, 1.807) is 12.3 Å². The fourth-order valence-electron chi connectivity index (χ4n) is 5.34. The minimum Gasteiger partial charge on any atom is -0.486 e. The first-order valence-corrected chi connectivity index (χ1v) is 11.6. The maximum atomic E-state index is 12.4.